The molecular weight excluding hydrogens is 435 g/mol. The number of piperidine rings is 1. The first kappa shape index (κ1) is 23.2. The van der Waals surface area contributed by atoms with E-state index in [4.69, 9.17) is 9.15 Å². The normalized spacial score (nSPS) is 17.5. The third-order valence-electron chi connectivity index (χ3n) is 6.21. The highest BCUT2D eigenvalue weighted by molar-refractivity contribution is 5.83. The predicted molar refractivity (Wildman–Crippen MR) is 119 cm³/mol. The van der Waals surface area contributed by atoms with Gasteiger partial charge in [-0.15, -0.1) is 0 Å². The zero-order chi connectivity index (χ0) is 23.9. The molecule has 0 aliphatic carbocycles. The van der Waals surface area contributed by atoms with Crippen LogP contribution in [0.15, 0.2) is 39.5 Å². The van der Waals surface area contributed by atoms with Gasteiger partial charge in [0.2, 0.25) is 11.2 Å². The second kappa shape index (κ2) is 8.74. The monoisotopic (exact) mass is 461 g/mol. The lowest BCUT2D eigenvalue weighted by molar-refractivity contribution is -0.154. The van der Waals surface area contributed by atoms with E-state index in [2.05, 4.69) is 4.90 Å². The van der Waals surface area contributed by atoms with Crippen LogP contribution in [-0.2, 0) is 12.7 Å². The van der Waals surface area contributed by atoms with Gasteiger partial charge < -0.3 is 14.3 Å². The van der Waals surface area contributed by atoms with Crippen LogP contribution in [0.1, 0.15) is 48.6 Å². The van der Waals surface area contributed by atoms with Crippen molar-refractivity contribution in [2.24, 2.45) is 0 Å². The van der Waals surface area contributed by atoms with E-state index in [1.165, 1.54) is 12.1 Å². The van der Waals surface area contributed by atoms with Crippen molar-refractivity contribution in [3.63, 3.8) is 0 Å². The molecule has 1 fully saturated rings. The molecule has 2 heterocycles. The molecule has 4 rings (SSSR count). The first-order valence-corrected chi connectivity index (χ1v) is 10.9. The van der Waals surface area contributed by atoms with Crippen molar-refractivity contribution in [1.82, 2.24) is 4.90 Å². The Morgan fingerprint density at radius 3 is 2.64 bits per heavy atom. The second-order valence-corrected chi connectivity index (χ2v) is 8.71. The summed E-state index contributed by atoms with van der Waals surface area (Å²) < 4.78 is 52.9. The molecule has 1 saturated heterocycles. The highest BCUT2D eigenvalue weighted by Crippen LogP contribution is 2.41. The molecule has 3 aromatic rings. The molecule has 0 unspecified atom stereocenters. The Labute approximate surface area is 189 Å². The summed E-state index contributed by atoms with van der Waals surface area (Å²) in [6.07, 6.45) is -1.98. The summed E-state index contributed by atoms with van der Waals surface area (Å²) in [6.45, 7) is 6.43. The van der Waals surface area contributed by atoms with Gasteiger partial charge >= 0.3 is 6.18 Å². The first-order valence-electron chi connectivity index (χ1n) is 10.9. The van der Waals surface area contributed by atoms with E-state index in [1.54, 1.807) is 32.0 Å². The van der Waals surface area contributed by atoms with E-state index >= 15 is 0 Å². The van der Waals surface area contributed by atoms with Crippen LogP contribution in [0.3, 0.4) is 0 Å². The fraction of sp³-hybridized carbons (Fsp3) is 0.400. The lowest BCUT2D eigenvalue weighted by atomic mass is 10.0. The maximum absolute atomic E-state index is 14.0. The minimum Gasteiger partial charge on any atom is -0.507 e. The Balaban J connectivity index is 1.90. The van der Waals surface area contributed by atoms with Crippen LogP contribution in [0.25, 0.3) is 11.0 Å². The predicted octanol–water partition coefficient (Wildman–Crippen LogP) is 6.30. The zero-order valence-corrected chi connectivity index (χ0v) is 18.8. The Morgan fingerprint density at radius 2 is 1.94 bits per heavy atom. The Bertz CT molecular complexity index is 1250. The van der Waals surface area contributed by atoms with Gasteiger partial charge in [-0.05, 0) is 69.5 Å². The molecule has 1 atom stereocenters. The molecule has 1 N–H and O–H groups in total. The number of aromatic hydroxyl groups is 1. The average Bonchev–Trinajstić information content (AvgIpc) is 2.75. The van der Waals surface area contributed by atoms with E-state index < -0.39 is 23.1 Å². The van der Waals surface area contributed by atoms with Gasteiger partial charge in [-0.1, -0.05) is 18.6 Å². The average molecular weight is 461 g/mol. The van der Waals surface area contributed by atoms with Crippen LogP contribution in [0.2, 0.25) is 0 Å². The number of aryl methyl sites for hydroxylation is 2. The van der Waals surface area contributed by atoms with Gasteiger partial charge in [0.1, 0.15) is 17.1 Å². The lowest BCUT2D eigenvalue weighted by Crippen LogP contribution is -2.36. The Hall–Kier alpha value is -3.00. The molecule has 0 radical (unpaired) electrons. The molecule has 176 valence electrons. The van der Waals surface area contributed by atoms with Crippen LogP contribution in [-0.4, -0.2) is 22.6 Å². The number of hydrogen-bond donors (Lipinski definition) is 1. The van der Waals surface area contributed by atoms with Crippen molar-refractivity contribution < 1.29 is 27.4 Å². The molecule has 1 aliphatic rings. The topological polar surface area (TPSA) is 62.9 Å². The summed E-state index contributed by atoms with van der Waals surface area (Å²) in [7, 11) is 0. The molecule has 1 aromatic heterocycles. The summed E-state index contributed by atoms with van der Waals surface area (Å²) in [5.74, 6) is -2.49. The number of alkyl halides is 3. The SMILES string of the molecule is Cc1ccc(C)c(Oc2c(C(F)(F)F)oc3c(CN4CCCC[C@H]4C)c(O)ccc3c2=O)c1. The minimum atomic E-state index is -4.97. The maximum Gasteiger partial charge on any atom is 0.453 e. The van der Waals surface area contributed by atoms with Crippen molar-refractivity contribution in [2.45, 2.75) is 58.8 Å². The summed E-state index contributed by atoms with van der Waals surface area (Å²) in [6, 6.07) is 7.87. The third kappa shape index (κ3) is 4.57. The standard InChI is InChI=1S/C25H26F3NO4/c1-14-7-8-15(2)20(12-14)32-23-21(31)17-9-10-19(30)18(13-29-11-5-4-6-16(29)3)22(17)33-24(23)25(26,27)28/h7-10,12,16,30H,4-6,11,13H2,1-3H3/t16-/m1/s1. The zero-order valence-electron chi connectivity index (χ0n) is 18.8. The first-order chi connectivity index (χ1) is 15.6. The number of likely N-dealkylation sites (tertiary alicyclic amines) is 1. The number of hydrogen-bond acceptors (Lipinski definition) is 5. The van der Waals surface area contributed by atoms with E-state index in [1.807, 2.05) is 6.92 Å². The van der Waals surface area contributed by atoms with Crippen molar-refractivity contribution in [1.29, 1.82) is 0 Å². The van der Waals surface area contributed by atoms with Crippen LogP contribution in [0.5, 0.6) is 17.2 Å². The highest BCUT2D eigenvalue weighted by Gasteiger charge is 2.41. The molecule has 1 aliphatic heterocycles. The number of phenols is 1. The molecule has 2 aromatic carbocycles. The summed E-state index contributed by atoms with van der Waals surface area (Å²) >= 11 is 0. The van der Waals surface area contributed by atoms with Gasteiger partial charge in [-0.3, -0.25) is 9.69 Å². The van der Waals surface area contributed by atoms with Crippen LogP contribution >= 0.6 is 0 Å². The largest absolute Gasteiger partial charge is 0.507 e. The third-order valence-corrected chi connectivity index (χ3v) is 6.21. The molecule has 0 bridgehead atoms. The minimum absolute atomic E-state index is 0.0687. The molecular formula is C25H26F3NO4. The van der Waals surface area contributed by atoms with Crippen molar-refractivity contribution in [3.8, 4) is 17.2 Å². The number of benzene rings is 2. The van der Waals surface area contributed by atoms with Gasteiger partial charge in [-0.2, -0.15) is 13.2 Å². The van der Waals surface area contributed by atoms with Crippen LogP contribution in [0, 0.1) is 13.8 Å². The number of nitrogens with zero attached hydrogens (tertiary/aromatic N) is 1. The number of fused-ring (bicyclic) bond motifs is 1. The maximum atomic E-state index is 14.0. The van der Waals surface area contributed by atoms with Crippen LogP contribution in [0.4, 0.5) is 13.2 Å². The van der Waals surface area contributed by atoms with E-state index in [9.17, 15) is 23.1 Å². The van der Waals surface area contributed by atoms with Gasteiger partial charge in [0, 0.05) is 12.6 Å². The molecule has 0 amide bonds. The highest BCUT2D eigenvalue weighted by atomic mass is 19.4. The molecule has 5 nitrogen and oxygen atoms in total. The molecule has 33 heavy (non-hydrogen) atoms. The number of halogens is 3. The number of phenolic OH excluding ortho intramolecular Hbond substituents is 1. The summed E-state index contributed by atoms with van der Waals surface area (Å²) in [4.78, 5) is 15.3. The fourth-order valence-electron chi connectivity index (χ4n) is 4.24. The van der Waals surface area contributed by atoms with E-state index in [-0.39, 0.29) is 40.6 Å². The number of rotatable bonds is 4. The quantitative estimate of drug-likeness (QED) is 0.494. The molecule has 0 spiro atoms. The molecule has 0 saturated carbocycles. The van der Waals surface area contributed by atoms with Gasteiger partial charge in [0.05, 0.1) is 10.9 Å². The van der Waals surface area contributed by atoms with Crippen molar-refractivity contribution in [3.05, 3.63) is 63.0 Å². The van der Waals surface area contributed by atoms with E-state index in [0.717, 1.165) is 31.4 Å². The summed E-state index contributed by atoms with van der Waals surface area (Å²) in [5, 5.41) is 10.4. The van der Waals surface area contributed by atoms with Crippen molar-refractivity contribution in [2.75, 3.05) is 6.54 Å². The van der Waals surface area contributed by atoms with Gasteiger partial charge in [-0.25, -0.2) is 0 Å². The Kier molecular flexibility index (Phi) is 6.14. The number of ether oxygens (including phenoxy) is 1. The summed E-state index contributed by atoms with van der Waals surface area (Å²) in [5.41, 5.74) is 0.328. The molecule has 8 heteroatoms. The van der Waals surface area contributed by atoms with Crippen LogP contribution < -0.4 is 10.2 Å². The van der Waals surface area contributed by atoms with Gasteiger partial charge in [0.15, 0.2) is 0 Å². The van der Waals surface area contributed by atoms with Gasteiger partial charge in [0.25, 0.3) is 5.76 Å². The van der Waals surface area contributed by atoms with E-state index in [0.29, 0.717) is 5.56 Å². The Morgan fingerprint density at radius 1 is 1.18 bits per heavy atom. The fourth-order valence-corrected chi connectivity index (χ4v) is 4.24. The smallest absolute Gasteiger partial charge is 0.453 e. The lowest BCUT2D eigenvalue weighted by Gasteiger charge is -2.33. The van der Waals surface area contributed by atoms with Crippen molar-refractivity contribution >= 4 is 11.0 Å². The second-order valence-electron chi connectivity index (χ2n) is 8.71.